The molecule has 0 fully saturated rings. The van der Waals surface area contributed by atoms with Gasteiger partial charge in [0.2, 0.25) is 0 Å². The van der Waals surface area contributed by atoms with Crippen molar-refractivity contribution in [2.24, 2.45) is 0 Å². The summed E-state index contributed by atoms with van der Waals surface area (Å²) in [5.74, 6) is 1.81. The highest BCUT2D eigenvalue weighted by Gasteiger charge is 2.20. The highest BCUT2D eigenvalue weighted by Crippen LogP contribution is 2.43. The van der Waals surface area contributed by atoms with Crippen LogP contribution in [0.4, 0.5) is 0 Å². The van der Waals surface area contributed by atoms with Crippen LogP contribution < -0.4 is 0 Å². The number of benzene rings is 10. The Hall–Kier alpha value is -9.17. The number of thiazole rings is 1. The van der Waals surface area contributed by atoms with Crippen molar-refractivity contribution < 1.29 is 0 Å². The normalized spacial score (nSPS) is 11.7. The number of aromatic nitrogens is 6. The van der Waals surface area contributed by atoms with Crippen molar-refractivity contribution in [3.05, 3.63) is 243 Å². The van der Waals surface area contributed by atoms with Gasteiger partial charge in [-0.3, -0.25) is 9.13 Å². The topological polar surface area (TPSA) is 53.5 Å². The highest BCUT2D eigenvalue weighted by atomic mass is 32.1. The second-order valence-corrected chi connectivity index (χ2v) is 18.6. The zero-order valence-electron chi connectivity index (χ0n) is 37.7. The molecule has 14 rings (SSSR count). The van der Waals surface area contributed by atoms with Gasteiger partial charge in [0.15, 0.2) is 0 Å². The van der Waals surface area contributed by atoms with Gasteiger partial charge in [0.05, 0.1) is 43.3 Å². The van der Waals surface area contributed by atoms with E-state index in [-0.39, 0.29) is 0 Å². The van der Waals surface area contributed by atoms with E-state index in [1.807, 2.05) is 12.1 Å². The molecular weight excluding hydrogens is 873 g/mol. The van der Waals surface area contributed by atoms with Gasteiger partial charge in [-0.1, -0.05) is 158 Å². The number of rotatable bonds is 8. The van der Waals surface area contributed by atoms with Crippen molar-refractivity contribution in [2.45, 2.75) is 0 Å². The number of fused-ring (bicyclic) bond motifs is 6. The van der Waals surface area contributed by atoms with Crippen molar-refractivity contribution in [3.8, 4) is 72.7 Å². The van der Waals surface area contributed by atoms with Crippen LogP contribution >= 0.6 is 11.3 Å². The Labute approximate surface area is 407 Å². The maximum atomic E-state index is 5.52. The third-order valence-corrected chi connectivity index (χ3v) is 14.7. The van der Waals surface area contributed by atoms with Crippen molar-refractivity contribution in [2.75, 3.05) is 0 Å². The summed E-state index contributed by atoms with van der Waals surface area (Å²) in [5, 5.41) is 3.47. The minimum absolute atomic E-state index is 0.905. The molecule has 4 heterocycles. The third kappa shape index (κ3) is 6.51. The standard InChI is InChI=1S/C63H40N6S/c1-3-15-46(16-4-1)68-57-25-13-9-21-53(57)64-61(68)43-31-27-41(28-32-43)49-39-40-50(42-29-33-44(34-30-42)62-65-54-22-10-14-26-58(54)69(62)47-17-5-2-6-18-47)60-59(49)66-63(70-60)45-35-37-48(38-36-45)67-55-23-11-7-19-51(55)52-20-8-12-24-56(52)67/h1-40H. The highest BCUT2D eigenvalue weighted by molar-refractivity contribution is 7.22. The lowest BCUT2D eigenvalue weighted by Gasteiger charge is -2.12. The number of hydrogen-bond donors (Lipinski definition) is 0. The van der Waals surface area contributed by atoms with E-state index >= 15 is 0 Å². The van der Waals surface area contributed by atoms with Gasteiger partial charge < -0.3 is 4.57 Å². The number of nitrogens with zero attached hydrogens (tertiary/aromatic N) is 6. The van der Waals surface area contributed by atoms with Crippen molar-refractivity contribution in [1.29, 1.82) is 0 Å². The lowest BCUT2D eigenvalue weighted by molar-refractivity contribution is 1.10. The second-order valence-electron chi connectivity index (χ2n) is 17.6. The summed E-state index contributed by atoms with van der Waals surface area (Å²) in [6.07, 6.45) is 0. The fourth-order valence-corrected chi connectivity index (χ4v) is 11.4. The Bertz CT molecular complexity index is 4010. The number of para-hydroxylation sites is 8. The minimum atomic E-state index is 0.905. The summed E-state index contributed by atoms with van der Waals surface area (Å²) >= 11 is 1.75. The molecule has 0 bridgehead atoms. The molecule has 0 aliphatic carbocycles. The molecular formula is C63H40N6S. The lowest BCUT2D eigenvalue weighted by atomic mass is 9.97. The van der Waals surface area contributed by atoms with E-state index in [4.69, 9.17) is 15.0 Å². The van der Waals surface area contributed by atoms with Crippen molar-refractivity contribution in [3.63, 3.8) is 0 Å². The number of imidazole rings is 2. The summed E-state index contributed by atoms with van der Waals surface area (Å²) in [7, 11) is 0. The van der Waals surface area contributed by atoms with E-state index in [9.17, 15) is 0 Å². The van der Waals surface area contributed by atoms with E-state index in [0.29, 0.717) is 0 Å². The van der Waals surface area contributed by atoms with Crippen molar-refractivity contribution in [1.82, 2.24) is 28.7 Å². The summed E-state index contributed by atoms with van der Waals surface area (Å²) in [4.78, 5) is 15.8. The zero-order chi connectivity index (χ0) is 46.1. The minimum Gasteiger partial charge on any atom is -0.309 e. The Morgan fingerprint density at radius 3 is 1.21 bits per heavy atom. The van der Waals surface area contributed by atoms with Gasteiger partial charge >= 0.3 is 0 Å². The van der Waals surface area contributed by atoms with Crippen LogP contribution in [0, 0.1) is 0 Å². The quantitative estimate of drug-likeness (QED) is 0.153. The molecule has 0 N–H and O–H groups in total. The van der Waals surface area contributed by atoms with Gasteiger partial charge in [-0.15, -0.1) is 11.3 Å². The molecule has 0 unspecified atom stereocenters. The van der Waals surface area contributed by atoms with E-state index < -0.39 is 0 Å². The molecule has 14 aromatic rings. The smallest absolute Gasteiger partial charge is 0.145 e. The largest absolute Gasteiger partial charge is 0.309 e. The molecule has 0 saturated carbocycles. The molecule has 0 amide bonds. The third-order valence-electron chi connectivity index (χ3n) is 13.6. The zero-order valence-corrected chi connectivity index (χ0v) is 38.5. The first-order chi connectivity index (χ1) is 34.7. The Morgan fingerprint density at radius 1 is 0.286 bits per heavy atom. The van der Waals surface area contributed by atoms with Crippen LogP contribution in [0.25, 0.3) is 127 Å². The Kier molecular flexibility index (Phi) is 9.28. The van der Waals surface area contributed by atoms with Crippen LogP contribution in [0.3, 0.4) is 0 Å². The van der Waals surface area contributed by atoms with E-state index in [2.05, 4.69) is 244 Å². The first kappa shape index (κ1) is 39.9. The fraction of sp³-hybridized carbons (Fsp3) is 0. The van der Waals surface area contributed by atoms with Crippen LogP contribution in [0.15, 0.2) is 243 Å². The maximum absolute atomic E-state index is 5.52. The molecule has 10 aromatic carbocycles. The van der Waals surface area contributed by atoms with Crippen molar-refractivity contribution >= 4 is 65.4 Å². The molecule has 6 nitrogen and oxygen atoms in total. The molecule has 7 heteroatoms. The molecule has 0 aliphatic heterocycles. The van der Waals surface area contributed by atoms with Gasteiger partial charge in [-0.05, 0) is 96.1 Å². The first-order valence-corrected chi connectivity index (χ1v) is 24.3. The molecule has 0 radical (unpaired) electrons. The molecule has 4 aromatic heterocycles. The van der Waals surface area contributed by atoms with Crippen LogP contribution in [0.1, 0.15) is 0 Å². The molecule has 0 saturated heterocycles. The average molecular weight is 913 g/mol. The van der Waals surface area contributed by atoms with E-state index in [1.165, 1.54) is 21.8 Å². The van der Waals surface area contributed by atoms with Gasteiger partial charge in [0.1, 0.15) is 16.7 Å². The summed E-state index contributed by atoms with van der Waals surface area (Å²) < 4.78 is 8.00. The van der Waals surface area contributed by atoms with Crippen LogP contribution in [0.5, 0.6) is 0 Å². The van der Waals surface area contributed by atoms with E-state index in [0.717, 1.165) is 105 Å². The summed E-state index contributed by atoms with van der Waals surface area (Å²) in [6.45, 7) is 0. The first-order valence-electron chi connectivity index (χ1n) is 23.5. The van der Waals surface area contributed by atoms with Gasteiger partial charge in [0, 0.05) is 55.7 Å². The molecule has 328 valence electrons. The second kappa shape index (κ2) is 16.3. The van der Waals surface area contributed by atoms with Gasteiger partial charge in [0.25, 0.3) is 0 Å². The van der Waals surface area contributed by atoms with Crippen LogP contribution in [-0.4, -0.2) is 28.7 Å². The Balaban J connectivity index is 0.886. The predicted molar refractivity (Wildman–Crippen MR) is 290 cm³/mol. The molecule has 0 aliphatic rings. The van der Waals surface area contributed by atoms with Gasteiger partial charge in [-0.25, -0.2) is 15.0 Å². The average Bonchev–Trinajstić information content (AvgIpc) is 4.23. The fourth-order valence-electron chi connectivity index (χ4n) is 10.3. The van der Waals surface area contributed by atoms with Crippen LogP contribution in [-0.2, 0) is 0 Å². The lowest BCUT2D eigenvalue weighted by Crippen LogP contribution is -1.97. The SMILES string of the molecule is c1ccc(-n2c(-c3ccc(-c4ccc(-c5ccc(-c6nc7ccccc7n6-c6ccccc6)cc5)c5sc(-c6ccc(-n7c8ccccc8c8ccccc87)cc6)nc45)cc3)nc3ccccc32)cc1. The van der Waals surface area contributed by atoms with Crippen LogP contribution in [0.2, 0.25) is 0 Å². The molecule has 0 spiro atoms. The Morgan fingerprint density at radius 2 is 0.686 bits per heavy atom. The van der Waals surface area contributed by atoms with Gasteiger partial charge in [-0.2, -0.15) is 0 Å². The summed E-state index contributed by atoms with van der Waals surface area (Å²) in [5.41, 5.74) is 18.3. The molecule has 70 heavy (non-hydrogen) atoms. The van der Waals surface area contributed by atoms with E-state index in [1.54, 1.807) is 11.3 Å². The monoisotopic (exact) mass is 912 g/mol. The number of hydrogen-bond acceptors (Lipinski definition) is 4. The summed E-state index contributed by atoms with van der Waals surface area (Å²) in [6, 6.07) is 86.0. The maximum Gasteiger partial charge on any atom is 0.145 e. The molecule has 0 atom stereocenters. The predicted octanol–water partition coefficient (Wildman–Crippen LogP) is 16.4.